The Bertz CT molecular complexity index is 3020. The Hall–Kier alpha value is -6.12. The van der Waals surface area contributed by atoms with E-state index in [0.717, 1.165) is 17.8 Å². The first-order chi connectivity index (χ1) is 28.2. The summed E-state index contributed by atoms with van der Waals surface area (Å²) in [7, 11) is 0. The summed E-state index contributed by atoms with van der Waals surface area (Å²) in [4.78, 5) is 2.63. The molecule has 4 aliphatic carbocycles. The molecule has 5 atom stereocenters. The Morgan fingerprint density at radius 1 is 0.491 bits per heavy atom. The van der Waals surface area contributed by atoms with Crippen LogP contribution in [0.25, 0.3) is 60.2 Å². The predicted molar refractivity (Wildman–Crippen MR) is 238 cm³/mol. The molecule has 2 unspecified atom stereocenters. The van der Waals surface area contributed by atoms with Gasteiger partial charge in [-0.05, 0) is 137 Å². The van der Waals surface area contributed by atoms with Crippen molar-refractivity contribution < 1.29 is 0 Å². The Morgan fingerprint density at radius 3 is 1.95 bits per heavy atom. The molecule has 4 saturated carbocycles. The molecule has 8 aromatic carbocycles. The zero-order valence-electron chi connectivity index (χ0n) is 32.1. The second-order valence-corrected chi connectivity index (χ2v) is 18.0. The molecule has 1 heterocycles. The lowest BCUT2D eigenvalue weighted by Crippen LogP contribution is -2.42. The summed E-state index contributed by atoms with van der Waals surface area (Å²) in [5.41, 5.74) is 12.3. The minimum Gasteiger partial charge on any atom is -0.310 e. The summed E-state index contributed by atoms with van der Waals surface area (Å²) in [6.45, 7) is 0. The molecular weight excluding hydrogens is 689 g/mol. The maximum absolute atomic E-state index is 2.63. The fourth-order valence-corrected chi connectivity index (χ4v) is 13.3. The van der Waals surface area contributed by atoms with Gasteiger partial charge in [0.05, 0.1) is 22.4 Å². The zero-order valence-corrected chi connectivity index (χ0v) is 32.1. The van der Waals surface area contributed by atoms with E-state index in [1.807, 2.05) is 0 Å². The maximum Gasteiger partial charge on any atom is 0.0546 e. The van der Waals surface area contributed by atoms with Gasteiger partial charge in [-0.15, -0.1) is 0 Å². The topological polar surface area (TPSA) is 8.17 Å². The first-order valence-electron chi connectivity index (χ1n) is 21.2. The van der Waals surface area contributed by atoms with Crippen molar-refractivity contribution in [2.24, 2.45) is 23.2 Å². The van der Waals surface area contributed by atoms with E-state index >= 15 is 0 Å². The number of para-hydroxylation sites is 4. The van der Waals surface area contributed by atoms with Gasteiger partial charge in [-0.3, -0.25) is 0 Å². The van der Waals surface area contributed by atoms with Gasteiger partial charge in [-0.25, -0.2) is 0 Å². The van der Waals surface area contributed by atoms with Crippen LogP contribution in [0.15, 0.2) is 176 Å². The molecule has 2 heteroatoms. The van der Waals surface area contributed by atoms with E-state index in [9.17, 15) is 0 Å². The number of anilines is 3. The van der Waals surface area contributed by atoms with E-state index in [-0.39, 0.29) is 5.41 Å². The molecule has 4 aliphatic rings. The van der Waals surface area contributed by atoms with E-state index in [0.29, 0.717) is 5.41 Å². The van der Waals surface area contributed by atoms with Gasteiger partial charge in [-0.2, -0.15) is 0 Å². The van der Waals surface area contributed by atoms with Crippen LogP contribution in [0.1, 0.15) is 44.1 Å². The molecule has 0 aliphatic heterocycles. The number of nitrogens with zero attached hydrogens (tertiary/aromatic N) is 2. The molecule has 0 N–H and O–H groups in total. The van der Waals surface area contributed by atoms with Gasteiger partial charge < -0.3 is 9.47 Å². The van der Waals surface area contributed by atoms with Crippen molar-refractivity contribution in [3.8, 4) is 16.8 Å². The van der Waals surface area contributed by atoms with Crippen molar-refractivity contribution in [3.63, 3.8) is 0 Å². The number of hydrogen-bond donors (Lipinski definition) is 0. The van der Waals surface area contributed by atoms with Crippen molar-refractivity contribution in [2.75, 3.05) is 4.90 Å². The number of rotatable bonds is 6. The van der Waals surface area contributed by atoms with E-state index in [4.69, 9.17) is 0 Å². The first-order valence-corrected chi connectivity index (χ1v) is 21.2. The fraction of sp³-hybridized carbons (Fsp3) is 0.200. The lowest BCUT2D eigenvalue weighted by molar-refractivity contribution is -0.000150. The van der Waals surface area contributed by atoms with Crippen molar-refractivity contribution >= 4 is 60.4 Å². The second-order valence-electron chi connectivity index (χ2n) is 18.0. The Morgan fingerprint density at radius 2 is 1.14 bits per heavy atom. The number of fused-ring (bicyclic) bond motifs is 8. The van der Waals surface area contributed by atoms with Crippen LogP contribution in [0.5, 0.6) is 0 Å². The molecular formula is C55H44N2. The van der Waals surface area contributed by atoms with Gasteiger partial charge in [0.15, 0.2) is 0 Å². The number of hydrogen-bond acceptors (Lipinski definition) is 1. The quantitative estimate of drug-likeness (QED) is 0.155. The molecule has 9 aromatic rings. The van der Waals surface area contributed by atoms with Gasteiger partial charge >= 0.3 is 0 Å². The van der Waals surface area contributed by atoms with Crippen molar-refractivity contribution in [2.45, 2.75) is 43.9 Å². The predicted octanol–water partition coefficient (Wildman–Crippen LogP) is 14.7. The highest BCUT2D eigenvalue weighted by Gasteiger charge is 2.71. The molecule has 0 saturated heterocycles. The molecule has 4 fully saturated rings. The van der Waals surface area contributed by atoms with Crippen molar-refractivity contribution in [1.82, 2.24) is 4.57 Å². The summed E-state index contributed by atoms with van der Waals surface area (Å²) >= 11 is 0. The van der Waals surface area contributed by atoms with Crippen LogP contribution in [0.3, 0.4) is 0 Å². The van der Waals surface area contributed by atoms with Gasteiger partial charge in [0.25, 0.3) is 0 Å². The summed E-state index contributed by atoms with van der Waals surface area (Å²) in [6, 6.07) is 66.0. The number of aromatic nitrogens is 1. The third-order valence-electron chi connectivity index (χ3n) is 15.3. The average Bonchev–Trinajstić information content (AvgIpc) is 3.78. The SMILES string of the molecule is c1ccc(-n2c3ccccc3c3ccccc32)c(-c2ccc(N(c3ccccc3C34CC5C[C@@H]6C[C@H](C3)C[C@@]56C4)c3cc4ccccc4c4ccccc34)cc2)c1. The molecule has 3 bridgehead atoms. The smallest absolute Gasteiger partial charge is 0.0546 e. The van der Waals surface area contributed by atoms with E-state index in [1.54, 1.807) is 5.56 Å². The van der Waals surface area contributed by atoms with Gasteiger partial charge in [0.1, 0.15) is 0 Å². The summed E-state index contributed by atoms with van der Waals surface area (Å²) in [5, 5.41) is 7.75. The molecule has 1 aromatic heterocycles. The van der Waals surface area contributed by atoms with Crippen LogP contribution in [0, 0.1) is 23.2 Å². The minimum atomic E-state index is 0.252. The standard InChI is InChI=1S/C55H44N2/c1-2-14-42-38(13-1)30-53(45-17-4-3-16-44(42)45)56(52-24-12-8-20-48(52)54-32-36-29-39-31-40(34-54)55(39,33-36)35-54)41-27-25-37(26-28-41)43-15-5-9-21-49(43)57-50-22-10-6-18-46(50)47-19-7-11-23-51(47)57/h1-28,30,36,39-40H,29,31-35H2/t36-,39+,40?,54?,55+/m1/s1. The van der Waals surface area contributed by atoms with Crippen LogP contribution in [-0.4, -0.2) is 4.57 Å². The van der Waals surface area contributed by atoms with Crippen LogP contribution in [0.4, 0.5) is 17.1 Å². The van der Waals surface area contributed by atoms with Gasteiger partial charge in [0, 0.05) is 33.1 Å². The van der Waals surface area contributed by atoms with Crippen LogP contribution >= 0.6 is 0 Å². The van der Waals surface area contributed by atoms with Crippen molar-refractivity contribution in [1.29, 1.82) is 0 Å². The minimum absolute atomic E-state index is 0.252. The summed E-state index contributed by atoms with van der Waals surface area (Å²) in [6.07, 6.45) is 8.52. The molecule has 0 radical (unpaired) electrons. The third kappa shape index (κ3) is 4.42. The Kier molecular flexibility index (Phi) is 6.58. The maximum atomic E-state index is 2.63. The highest BCUT2D eigenvalue weighted by Crippen LogP contribution is 2.79. The molecule has 2 nitrogen and oxygen atoms in total. The van der Waals surface area contributed by atoms with Crippen LogP contribution < -0.4 is 4.90 Å². The summed E-state index contributed by atoms with van der Waals surface area (Å²) in [5.74, 6) is 2.77. The first kappa shape index (κ1) is 32.0. The van der Waals surface area contributed by atoms with E-state index in [2.05, 4.69) is 185 Å². The van der Waals surface area contributed by atoms with Crippen LogP contribution in [-0.2, 0) is 5.41 Å². The zero-order chi connectivity index (χ0) is 37.3. The lowest BCUT2D eigenvalue weighted by atomic mass is 9.55. The molecule has 274 valence electrons. The van der Waals surface area contributed by atoms with Gasteiger partial charge in [0.2, 0.25) is 0 Å². The van der Waals surface area contributed by atoms with Gasteiger partial charge in [-0.1, -0.05) is 133 Å². The van der Waals surface area contributed by atoms with E-state index in [1.165, 1.54) is 116 Å². The largest absolute Gasteiger partial charge is 0.310 e. The number of benzene rings is 8. The molecule has 57 heavy (non-hydrogen) atoms. The lowest BCUT2D eigenvalue weighted by Gasteiger charge is -2.49. The van der Waals surface area contributed by atoms with Crippen molar-refractivity contribution in [3.05, 3.63) is 181 Å². The highest BCUT2D eigenvalue weighted by atomic mass is 15.1. The third-order valence-corrected chi connectivity index (χ3v) is 15.3. The molecule has 13 rings (SSSR count). The average molecular weight is 733 g/mol. The monoisotopic (exact) mass is 732 g/mol. The fourth-order valence-electron chi connectivity index (χ4n) is 13.3. The molecule has 1 spiro atoms. The summed E-state index contributed by atoms with van der Waals surface area (Å²) < 4.78 is 2.45. The molecule has 0 amide bonds. The van der Waals surface area contributed by atoms with Crippen LogP contribution in [0.2, 0.25) is 0 Å². The Balaban J connectivity index is 1.01. The van der Waals surface area contributed by atoms with E-state index < -0.39 is 0 Å². The second kappa shape index (κ2) is 11.7. The Labute approximate surface area is 334 Å². The highest BCUT2D eigenvalue weighted by molar-refractivity contribution is 6.15. The normalized spacial score (nSPS) is 24.4.